The number of hydrogen-bond donors (Lipinski definition) is 1. The number of benzene rings is 2. The molecular weight excluding hydrogens is 423 g/mol. The summed E-state index contributed by atoms with van der Waals surface area (Å²) in [5.41, 5.74) is 1.89. The molecule has 0 heterocycles. The predicted octanol–water partition coefficient (Wildman–Crippen LogP) is 8.68. The Kier molecular flexibility index (Phi) is 7.52. The first-order chi connectivity index (χ1) is 13.4. The van der Waals surface area contributed by atoms with Crippen LogP contribution < -0.4 is 4.74 Å². The molecule has 0 bridgehead atoms. The second kappa shape index (κ2) is 8.65. The molecule has 0 aliphatic carbocycles. The third-order valence-corrected chi connectivity index (χ3v) is 5.48. The molecule has 30 heavy (non-hydrogen) atoms. The summed E-state index contributed by atoms with van der Waals surface area (Å²) in [5, 5.41) is 9.28. The molecule has 0 aromatic heterocycles. The zero-order valence-corrected chi connectivity index (χ0v) is 18.8. The Bertz CT molecular complexity index is 826. The van der Waals surface area contributed by atoms with Crippen molar-refractivity contribution >= 4 is 10.2 Å². The van der Waals surface area contributed by atoms with Crippen molar-refractivity contribution < 1.29 is 29.3 Å². The topological polar surface area (TPSA) is 29.5 Å². The number of aryl methyl sites for hydroxylation is 2. The summed E-state index contributed by atoms with van der Waals surface area (Å²) in [4.78, 5) is -1.82. The first-order valence-electron chi connectivity index (χ1n) is 9.64. The highest BCUT2D eigenvalue weighted by Crippen LogP contribution is 3.02. The molecule has 0 radical (unpaired) electrons. The molecule has 8 heteroatoms. The van der Waals surface area contributed by atoms with Gasteiger partial charge in [-0.1, -0.05) is 71.7 Å². The average Bonchev–Trinajstić information content (AvgIpc) is 2.60. The van der Waals surface area contributed by atoms with Crippen molar-refractivity contribution in [2.75, 3.05) is 7.11 Å². The lowest BCUT2D eigenvalue weighted by molar-refractivity contribution is 0.363. The van der Waals surface area contributed by atoms with E-state index in [2.05, 4.69) is 6.92 Å². The van der Waals surface area contributed by atoms with Crippen LogP contribution in [0.2, 0.25) is 0 Å². The molecule has 0 amide bonds. The molecule has 0 saturated heterocycles. The molecule has 0 unspecified atom stereocenters. The van der Waals surface area contributed by atoms with E-state index in [1.165, 1.54) is 5.56 Å². The summed E-state index contributed by atoms with van der Waals surface area (Å²) in [5.74, 6) is 0.762. The van der Waals surface area contributed by atoms with Crippen LogP contribution in [0, 0.1) is 5.41 Å². The molecule has 172 valence electrons. The van der Waals surface area contributed by atoms with E-state index in [-0.39, 0.29) is 11.2 Å². The van der Waals surface area contributed by atoms with Crippen LogP contribution in [0.15, 0.2) is 47.4 Å². The predicted molar refractivity (Wildman–Crippen MR) is 114 cm³/mol. The van der Waals surface area contributed by atoms with Crippen LogP contribution >= 0.6 is 10.2 Å². The van der Waals surface area contributed by atoms with Gasteiger partial charge in [-0.3, -0.25) is 0 Å². The van der Waals surface area contributed by atoms with Gasteiger partial charge in [0, 0.05) is 0 Å². The maximum Gasteiger partial charge on any atom is 0.310 e. The summed E-state index contributed by atoms with van der Waals surface area (Å²) in [6.45, 7) is 8.15. The van der Waals surface area contributed by atoms with Gasteiger partial charge >= 0.3 is 10.2 Å². The van der Waals surface area contributed by atoms with Crippen molar-refractivity contribution in [3.8, 4) is 11.5 Å². The Morgan fingerprint density at radius 2 is 1.40 bits per heavy atom. The summed E-state index contributed by atoms with van der Waals surface area (Å²) < 4.78 is 67.3. The molecular formula is C22H31F5O2S. The second-order valence-electron chi connectivity index (χ2n) is 8.43. The normalized spacial score (nSPS) is 14.2. The maximum atomic E-state index is 12.5. The van der Waals surface area contributed by atoms with Crippen molar-refractivity contribution in [3.05, 3.63) is 53.6 Å². The minimum absolute atomic E-state index is 0.0543. The fraction of sp³-hybridized carbons (Fsp3) is 0.455. The lowest BCUT2D eigenvalue weighted by Crippen LogP contribution is -2.08. The zero-order valence-electron chi connectivity index (χ0n) is 18.0. The monoisotopic (exact) mass is 454 g/mol. The first-order valence-corrected chi connectivity index (χ1v) is 11.6. The summed E-state index contributed by atoms with van der Waals surface area (Å²) in [6, 6.07) is 8.65. The third kappa shape index (κ3) is 9.24. The van der Waals surface area contributed by atoms with E-state index in [0.29, 0.717) is 29.9 Å². The van der Waals surface area contributed by atoms with Gasteiger partial charge in [-0.2, -0.15) is 0 Å². The zero-order chi connectivity index (χ0) is 23.3. The molecule has 0 spiro atoms. The van der Waals surface area contributed by atoms with Crippen LogP contribution in [-0.4, -0.2) is 12.2 Å². The molecule has 0 aliphatic heterocycles. The molecule has 0 fully saturated rings. The summed E-state index contributed by atoms with van der Waals surface area (Å²) in [7, 11) is -7.96. The van der Waals surface area contributed by atoms with Crippen LogP contribution in [0.1, 0.15) is 51.7 Å². The van der Waals surface area contributed by atoms with E-state index >= 15 is 0 Å². The van der Waals surface area contributed by atoms with Gasteiger partial charge in [-0.25, -0.2) is 0 Å². The summed E-state index contributed by atoms with van der Waals surface area (Å²) >= 11 is 0. The number of rotatable bonds is 6. The Labute approximate surface area is 175 Å². The number of phenols is 1. The van der Waals surface area contributed by atoms with Crippen LogP contribution in [0.4, 0.5) is 19.4 Å². The average molecular weight is 455 g/mol. The SMILES string of the molecule is CC(C)(C)CCc1ccc(S(F)(F)(F)(F)F)cc1.CCCc1ccc(O)c(OC)c1. The molecule has 2 rings (SSSR count). The van der Waals surface area contributed by atoms with Gasteiger partial charge in [0.15, 0.2) is 11.5 Å². The number of methoxy groups -OCH3 is 1. The fourth-order valence-corrected chi connectivity index (χ4v) is 3.25. The van der Waals surface area contributed by atoms with Crippen molar-refractivity contribution in [1.82, 2.24) is 0 Å². The Morgan fingerprint density at radius 3 is 1.83 bits per heavy atom. The molecule has 1 N–H and O–H groups in total. The minimum atomic E-state index is -9.52. The van der Waals surface area contributed by atoms with Crippen molar-refractivity contribution in [2.45, 2.75) is 58.3 Å². The van der Waals surface area contributed by atoms with Crippen LogP contribution in [0.5, 0.6) is 11.5 Å². The lowest BCUT2D eigenvalue weighted by Gasteiger charge is -2.40. The van der Waals surface area contributed by atoms with E-state index < -0.39 is 15.1 Å². The molecule has 2 aromatic rings. The number of aromatic hydroxyl groups is 1. The van der Waals surface area contributed by atoms with Gasteiger partial charge in [0.1, 0.15) is 4.90 Å². The highest BCUT2D eigenvalue weighted by molar-refractivity contribution is 8.45. The van der Waals surface area contributed by atoms with Crippen molar-refractivity contribution in [1.29, 1.82) is 0 Å². The highest BCUT2D eigenvalue weighted by Gasteiger charge is 2.65. The third-order valence-electron chi connectivity index (χ3n) is 4.32. The van der Waals surface area contributed by atoms with E-state index in [0.717, 1.165) is 31.4 Å². The standard InChI is InChI=1S/C12H17F5S.C10H14O2/c1-12(2,3)9-8-10-4-6-11(7-5-10)18(13,14,15,16)17;1-3-4-8-5-6-9(11)10(7-8)12-2/h4-7H,8-9H2,1-3H3;5-7,11H,3-4H2,1-2H3. The van der Waals surface area contributed by atoms with Crippen LogP contribution in [-0.2, 0) is 12.8 Å². The van der Waals surface area contributed by atoms with E-state index in [1.807, 2.05) is 32.9 Å². The van der Waals surface area contributed by atoms with E-state index in [9.17, 15) is 24.5 Å². The minimum Gasteiger partial charge on any atom is -0.504 e. The molecule has 2 aromatic carbocycles. The van der Waals surface area contributed by atoms with Gasteiger partial charge in [-0.15, -0.1) is 0 Å². The van der Waals surface area contributed by atoms with Crippen molar-refractivity contribution in [3.63, 3.8) is 0 Å². The van der Waals surface area contributed by atoms with Crippen molar-refractivity contribution in [2.24, 2.45) is 5.41 Å². The van der Waals surface area contributed by atoms with Gasteiger partial charge in [0.2, 0.25) is 0 Å². The molecule has 0 atom stereocenters. The molecule has 2 nitrogen and oxygen atoms in total. The van der Waals surface area contributed by atoms with Crippen LogP contribution in [0.3, 0.4) is 0 Å². The highest BCUT2D eigenvalue weighted by atomic mass is 32.5. The van der Waals surface area contributed by atoms with E-state index in [1.54, 1.807) is 13.2 Å². The fourth-order valence-electron chi connectivity index (χ4n) is 2.60. The quantitative estimate of drug-likeness (QED) is 0.442. The number of ether oxygens (including phenoxy) is 1. The van der Waals surface area contributed by atoms with Gasteiger partial charge in [0.25, 0.3) is 0 Å². The van der Waals surface area contributed by atoms with Crippen LogP contribution in [0.25, 0.3) is 0 Å². The Morgan fingerprint density at radius 1 is 0.867 bits per heavy atom. The molecule has 0 aliphatic rings. The largest absolute Gasteiger partial charge is 0.504 e. The number of hydrogen-bond acceptors (Lipinski definition) is 2. The summed E-state index contributed by atoms with van der Waals surface area (Å²) in [6.07, 6.45) is 3.48. The Hall–Kier alpha value is -1.96. The molecule has 0 saturated carbocycles. The van der Waals surface area contributed by atoms with Gasteiger partial charge in [0.05, 0.1) is 7.11 Å². The maximum absolute atomic E-state index is 12.5. The van der Waals surface area contributed by atoms with Gasteiger partial charge in [-0.05, 0) is 60.1 Å². The second-order valence-corrected chi connectivity index (χ2v) is 10.8. The number of phenolic OH excluding ortho intramolecular Hbond substituents is 1. The Balaban J connectivity index is 0.000000325. The smallest absolute Gasteiger partial charge is 0.310 e. The lowest BCUT2D eigenvalue weighted by atomic mass is 9.89. The van der Waals surface area contributed by atoms with E-state index in [4.69, 9.17) is 4.74 Å². The first kappa shape index (κ1) is 26.1. The van der Waals surface area contributed by atoms with Gasteiger partial charge < -0.3 is 9.84 Å². The number of halogens is 5.